The molecule has 48 heavy (non-hydrogen) atoms. The Balaban J connectivity index is 0.000000327. The lowest BCUT2D eigenvalue weighted by Gasteiger charge is -2.22. The normalized spacial score (nSPS) is 10.8. The molecule has 0 spiro atoms. The number of alkyl halides is 2. The van der Waals surface area contributed by atoms with Crippen molar-refractivity contribution in [3.63, 3.8) is 0 Å². The van der Waals surface area contributed by atoms with Crippen molar-refractivity contribution in [2.45, 2.75) is 38.5 Å². The summed E-state index contributed by atoms with van der Waals surface area (Å²) in [6, 6.07) is 12.0. The van der Waals surface area contributed by atoms with Crippen LogP contribution in [-0.4, -0.2) is 105 Å². The van der Waals surface area contributed by atoms with E-state index >= 15 is 0 Å². The van der Waals surface area contributed by atoms with Crippen LogP contribution < -0.4 is 9.80 Å². The van der Waals surface area contributed by atoms with Gasteiger partial charge in [0.15, 0.2) is 0 Å². The van der Waals surface area contributed by atoms with Gasteiger partial charge in [-0.2, -0.15) is 0 Å². The van der Waals surface area contributed by atoms with E-state index in [1.165, 1.54) is 7.11 Å². The third-order valence-corrected chi connectivity index (χ3v) is 8.23. The number of methoxy groups -OCH3 is 1. The maximum Gasteiger partial charge on any atom is 0.305 e. The third-order valence-electron chi connectivity index (χ3n) is 7.89. The van der Waals surface area contributed by atoms with E-state index in [4.69, 9.17) is 38.5 Å². The lowest BCUT2D eigenvalue weighted by molar-refractivity contribution is -0.140. The molecule has 2 aromatic carbocycles. The number of anilines is 2. The number of benzene rings is 2. The van der Waals surface area contributed by atoms with Crippen LogP contribution in [0.4, 0.5) is 11.4 Å². The average molecular weight is 730 g/mol. The van der Waals surface area contributed by atoms with Gasteiger partial charge in [-0.3, -0.25) is 9.59 Å². The lowest BCUT2D eigenvalue weighted by atomic mass is 10.2. The lowest BCUT2D eigenvalue weighted by Crippen LogP contribution is -2.29. The Bertz CT molecular complexity index is 1590. The minimum atomic E-state index is -0.774. The molecule has 15 heteroatoms. The van der Waals surface area contributed by atoms with Crippen LogP contribution in [0.2, 0.25) is 0 Å². The summed E-state index contributed by atoms with van der Waals surface area (Å²) in [6.45, 7) is 2.45. The zero-order valence-corrected chi connectivity index (χ0v) is 30.1. The first-order valence-corrected chi connectivity index (χ1v) is 16.8. The van der Waals surface area contributed by atoms with E-state index in [0.717, 1.165) is 58.2 Å². The predicted octanol–water partition coefficient (Wildman–Crippen LogP) is 4.55. The van der Waals surface area contributed by atoms with Crippen molar-refractivity contribution in [3.05, 3.63) is 48.0 Å². The topological polar surface area (TPSA) is 146 Å². The molecule has 2 aromatic heterocycles. The Morgan fingerprint density at radius 2 is 1.21 bits per heavy atom. The molecule has 266 valence electrons. The van der Waals surface area contributed by atoms with Crippen molar-refractivity contribution in [2.75, 3.05) is 68.1 Å². The Hall–Kier alpha value is -3.29. The van der Waals surface area contributed by atoms with Gasteiger partial charge in [-0.25, -0.2) is 9.97 Å². The van der Waals surface area contributed by atoms with Crippen LogP contribution >= 0.6 is 35.6 Å². The minimum Gasteiger partial charge on any atom is -0.481 e. The summed E-state index contributed by atoms with van der Waals surface area (Å²) in [7, 11) is 5.31. The van der Waals surface area contributed by atoms with Gasteiger partial charge in [0.2, 0.25) is 0 Å². The SMILES string of the molecule is COC(=O)CCCc1nc2cc(N(CCO)CCO)ccc2n1C.Cl.Cn1c(CCCC(=O)O)nc2cc(N(CCCl)CCCl)ccc21. The number of aryl methyl sites for hydroxylation is 4. The first kappa shape index (κ1) is 40.9. The number of carbonyl (C=O) groups excluding carboxylic acids is 1. The van der Waals surface area contributed by atoms with Crippen LogP contribution in [0.15, 0.2) is 36.4 Å². The number of aliphatic hydroxyl groups excluding tert-OH is 2. The number of hydrogen-bond acceptors (Lipinski definition) is 9. The number of carboxylic acids is 1. The van der Waals surface area contributed by atoms with E-state index in [2.05, 4.69) is 19.6 Å². The molecule has 0 radical (unpaired) electrons. The second-order valence-corrected chi connectivity index (χ2v) is 11.8. The summed E-state index contributed by atoms with van der Waals surface area (Å²) in [5.74, 6) is 1.92. The van der Waals surface area contributed by atoms with Crippen molar-refractivity contribution in [1.29, 1.82) is 0 Å². The maximum absolute atomic E-state index is 11.2. The highest BCUT2D eigenvalue weighted by Gasteiger charge is 2.14. The standard InChI is InChI=1S/C17H25N3O4.C16H21Cl2N3O2.ClH/c1-19-15-7-6-13(20(8-10-21)9-11-22)12-14(15)18-16(19)4-3-5-17(23)24-2;1-20-14-6-5-12(21(9-7-17)10-8-18)11-13(14)19-15(20)3-2-4-16(22)23;/h6-7,12,21-22H,3-5,8-11H2,1-2H3;5-6,11H,2-4,7-10H2,1H3,(H,22,23);1H. The van der Waals surface area contributed by atoms with Gasteiger partial charge < -0.3 is 39.0 Å². The molecule has 3 N–H and O–H groups in total. The molecule has 0 aliphatic heterocycles. The fourth-order valence-electron chi connectivity index (χ4n) is 5.39. The zero-order valence-electron chi connectivity index (χ0n) is 27.8. The molecule has 0 saturated heterocycles. The molecule has 0 unspecified atom stereocenters. The highest BCUT2D eigenvalue weighted by molar-refractivity contribution is 6.18. The van der Waals surface area contributed by atoms with Gasteiger partial charge in [-0.05, 0) is 49.2 Å². The molecule has 4 rings (SSSR count). The minimum absolute atomic E-state index is 0. The number of carboxylic acid groups (broad SMARTS) is 1. The summed E-state index contributed by atoms with van der Waals surface area (Å²) in [5, 5.41) is 27.1. The number of nitrogens with zero attached hydrogens (tertiary/aromatic N) is 6. The number of aliphatic hydroxyl groups is 2. The molecule has 0 aliphatic rings. The molecule has 0 atom stereocenters. The second kappa shape index (κ2) is 20.9. The largest absolute Gasteiger partial charge is 0.481 e. The first-order chi connectivity index (χ1) is 22.7. The molecule has 0 amide bonds. The molecule has 2 heterocycles. The average Bonchev–Trinajstić information content (AvgIpc) is 3.55. The fourth-order valence-corrected chi connectivity index (χ4v) is 5.80. The monoisotopic (exact) mass is 728 g/mol. The van der Waals surface area contributed by atoms with Crippen molar-refractivity contribution in [1.82, 2.24) is 19.1 Å². The number of imidazole rings is 2. The van der Waals surface area contributed by atoms with Gasteiger partial charge >= 0.3 is 11.9 Å². The summed E-state index contributed by atoms with van der Waals surface area (Å²) >= 11 is 11.7. The summed E-state index contributed by atoms with van der Waals surface area (Å²) in [4.78, 5) is 35.2. The number of ether oxygens (including phenoxy) is 1. The number of esters is 1. The Labute approximate surface area is 297 Å². The van der Waals surface area contributed by atoms with E-state index < -0.39 is 5.97 Å². The van der Waals surface area contributed by atoms with E-state index in [-0.39, 0.29) is 38.0 Å². The fraction of sp³-hybridized carbons (Fsp3) is 0.515. The van der Waals surface area contributed by atoms with Crippen molar-refractivity contribution < 1.29 is 29.6 Å². The Morgan fingerprint density at radius 1 is 0.771 bits per heavy atom. The Morgan fingerprint density at radius 3 is 1.60 bits per heavy atom. The smallest absolute Gasteiger partial charge is 0.305 e. The highest BCUT2D eigenvalue weighted by Crippen LogP contribution is 2.24. The first-order valence-electron chi connectivity index (χ1n) is 15.7. The van der Waals surface area contributed by atoms with Crippen LogP contribution in [0.3, 0.4) is 0 Å². The van der Waals surface area contributed by atoms with Crippen LogP contribution in [0.1, 0.15) is 37.3 Å². The van der Waals surface area contributed by atoms with Gasteiger partial charge in [0, 0.05) is 89.1 Å². The molecule has 4 aromatic rings. The number of rotatable bonds is 18. The molecule has 0 fully saturated rings. The zero-order chi connectivity index (χ0) is 34.3. The maximum atomic E-state index is 11.2. The van der Waals surface area contributed by atoms with Crippen molar-refractivity contribution >= 4 is 81.0 Å². The predicted molar refractivity (Wildman–Crippen MR) is 194 cm³/mol. The van der Waals surface area contributed by atoms with E-state index in [0.29, 0.717) is 57.0 Å². The van der Waals surface area contributed by atoms with Gasteiger partial charge in [-0.1, -0.05) is 0 Å². The van der Waals surface area contributed by atoms with E-state index in [1.807, 2.05) is 64.5 Å². The number of aromatic nitrogens is 4. The number of halogens is 3. The molecule has 12 nitrogen and oxygen atoms in total. The quantitative estimate of drug-likeness (QED) is 0.0986. The van der Waals surface area contributed by atoms with Crippen LogP contribution in [0.25, 0.3) is 22.1 Å². The van der Waals surface area contributed by atoms with E-state index in [9.17, 15) is 9.59 Å². The summed E-state index contributed by atoms with van der Waals surface area (Å²) in [5.41, 5.74) is 5.79. The van der Waals surface area contributed by atoms with Crippen LogP contribution in [0.5, 0.6) is 0 Å². The molecule has 0 aliphatic carbocycles. The Kier molecular flexibility index (Phi) is 17.8. The van der Waals surface area contributed by atoms with Gasteiger partial charge in [0.25, 0.3) is 0 Å². The molecule has 0 bridgehead atoms. The molecule has 0 saturated carbocycles. The van der Waals surface area contributed by atoms with Crippen LogP contribution in [0, 0.1) is 0 Å². The summed E-state index contributed by atoms with van der Waals surface area (Å²) in [6.07, 6.45) is 3.17. The van der Waals surface area contributed by atoms with Gasteiger partial charge in [0.05, 0.1) is 42.4 Å². The van der Waals surface area contributed by atoms with Crippen LogP contribution in [-0.2, 0) is 41.3 Å². The van der Waals surface area contributed by atoms with Crippen molar-refractivity contribution in [3.8, 4) is 0 Å². The molecular formula is C33H47Cl3N6O6. The number of aliphatic carboxylic acids is 1. The van der Waals surface area contributed by atoms with E-state index in [1.54, 1.807) is 0 Å². The number of carbonyl (C=O) groups is 2. The second-order valence-electron chi connectivity index (χ2n) is 11.0. The number of hydrogen-bond donors (Lipinski definition) is 3. The van der Waals surface area contributed by atoms with Gasteiger partial charge in [0.1, 0.15) is 11.6 Å². The highest BCUT2D eigenvalue weighted by atomic mass is 35.5. The molecular weight excluding hydrogens is 683 g/mol. The number of fused-ring (bicyclic) bond motifs is 2. The third kappa shape index (κ3) is 11.4. The van der Waals surface area contributed by atoms with Crippen molar-refractivity contribution in [2.24, 2.45) is 14.1 Å². The summed E-state index contributed by atoms with van der Waals surface area (Å²) < 4.78 is 8.70. The van der Waals surface area contributed by atoms with Gasteiger partial charge in [-0.15, -0.1) is 35.6 Å².